The lowest BCUT2D eigenvalue weighted by molar-refractivity contribution is -0.118. The molecule has 0 radical (unpaired) electrons. The average molecular weight is 412 g/mol. The molecule has 0 unspecified atom stereocenters. The maximum atomic E-state index is 12.1. The number of sulfone groups is 1. The summed E-state index contributed by atoms with van der Waals surface area (Å²) in [7, 11) is -1.96. The fourth-order valence-corrected chi connectivity index (χ4v) is 3.90. The largest absolute Gasteiger partial charge is 0.497 e. The Kier molecular flexibility index (Phi) is 6.39. The van der Waals surface area contributed by atoms with Crippen LogP contribution in [-0.4, -0.2) is 27.2 Å². The zero-order chi connectivity index (χ0) is 17.6. The summed E-state index contributed by atoms with van der Waals surface area (Å²) >= 11 is 3.30. The van der Waals surface area contributed by atoms with Crippen LogP contribution in [0.25, 0.3) is 0 Å². The summed E-state index contributed by atoms with van der Waals surface area (Å²) in [5, 5.41) is 2.62. The number of carbonyl (C=O) groups excluding carboxylic acids is 1. The second kappa shape index (κ2) is 8.30. The van der Waals surface area contributed by atoms with Gasteiger partial charge < -0.3 is 10.1 Å². The fourth-order valence-electron chi connectivity index (χ4n) is 2.17. The molecule has 0 aromatic heterocycles. The van der Waals surface area contributed by atoms with E-state index in [2.05, 4.69) is 21.2 Å². The van der Waals surface area contributed by atoms with E-state index in [4.69, 9.17) is 4.74 Å². The van der Waals surface area contributed by atoms with Gasteiger partial charge in [-0.2, -0.15) is 0 Å². The predicted octanol–water partition coefficient (Wildman–Crippen LogP) is 2.69. The Morgan fingerprint density at radius 1 is 1.12 bits per heavy atom. The van der Waals surface area contributed by atoms with Gasteiger partial charge in [0, 0.05) is 11.0 Å². The van der Waals surface area contributed by atoms with Crippen LogP contribution in [0.5, 0.6) is 5.75 Å². The maximum Gasteiger partial charge on any atom is 0.235 e. The van der Waals surface area contributed by atoms with E-state index in [9.17, 15) is 13.2 Å². The van der Waals surface area contributed by atoms with Gasteiger partial charge in [-0.05, 0) is 35.4 Å². The number of amides is 1. The Bertz CT molecular complexity index is 821. The van der Waals surface area contributed by atoms with Gasteiger partial charge >= 0.3 is 0 Å². The van der Waals surface area contributed by atoms with Gasteiger partial charge in [0.05, 0.1) is 12.9 Å². The molecule has 2 rings (SSSR count). The number of halogens is 1. The minimum Gasteiger partial charge on any atom is -0.497 e. The van der Waals surface area contributed by atoms with Crippen LogP contribution in [-0.2, 0) is 26.9 Å². The second-order valence-corrected chi connectivity index (χ2v) is 8.27. The van der Waals surface area contributed by atoms with Crippen molar-refractivity contribution >= 4 is 31.7 Å². The number of hydrogen-bond donors (Lipinski definition) is 1. The molecule has 24 heavy (non-hydrogen) atoms. The first-order chi connectivity index (χ1) is 11.4. The smallest absolute Gasteiger partial charge is 0.235 e. The molecular formula is C17H18BrNO4S. The number of rotatable bonds is 7. The van der Waals surface area contributed by atoms with Crippen LogP contribution in [0, 0.1) is 0 Å². The monoisotopic (exact) mass is 411 g/mol. The minimum atomic E-state index is -3.53. The predicted molar refractivity (Wildman–Crippen MR) is 96.5 cm³/mol. The molecule has 0 aliphatic carbocycles. The zero-order valence-corrected chi connectivity index (χ0v) is 15.6. The molecule has 0 fully saturated rings. The lowest BCUT2D eigenvalue weighted by Gasteiger charge is -2.08. The van der Waals surface area contributed by atoms with Crippen molar-refractivity contribution in [3.8, 4) is 5.75 Å². The first-order valence-corrected chi connectivity index (χ1v) is 9.84. The maximum absolute atomic E-state index is 12.1. The molecule has 0 saturated carbocycles. The van der Waals surface area contributed by atoms with Crippen molar-refractivity contribution in [3.05, 3.63) is 64.1 Å². The Morgan fingerprint density at radius 2 is 1.83 bits per heavy atom. The zero-order valence-electron chi connectivity index (χ0n) is 13.2. The molecule has 0 bridgehead atoms. The topological polar surface area (TPSA) is 72.5 Å². The summed E-state index contributed by atoms with van der Waals surface area (Å²) in [6, 6.07) is 14.3. The second-order valence-electron chi connectivity index (χ2n) is 5.29. The summed E-state index contributed by atoms with van der Waals surface area (Å²) in [4.78, 5) is 11.9. The molecule has 1 amide bonds. The van der Waals surface area contributed by atoms with Gasteiger partial charge in [0.25, 0.3) is 0 Å². The Morgan fingerprint density at radius 3 is 2.54 bits per heavy atom. The van der Waals surface area contributed by atoms with Crippen molar-refractivity contribution in [2.24, 2.45) is 0 Å². The van der Waals surface area contributed by atoms with Crippen molar-refractivity contribution < 1.29 is 17.9 Å². The highest BCUT2D eigenvalue weighted by atomic mass is 79.9. The van der Waals surface area contributed by atoms with Gasteiger partial charge in [0.15, 0.2) is 9.84 Å². The number of benzene rings is 2. The highest BCUT2D eigenvalue weighted by molar-refractivity contribution is 9.10. The molecular weight excluding hydrogens is 394 g/mol. The Labute approximate surface area is 150 Å². The summed E-state index contributed by atoms with van der Waals surface area (Å²) in [6.45, 7) is 0.252. The number of methoxy groups -OCH3 is 1. The third-order valence-electron chi connectivity index (χ3n) is 3.25. The van der Waals surface area contributed by atoms with Gasteiger partial charge in [-0.25, -0.2) is 8.42 Å². The fraction of sp³-hybridized carbons (Fsp3) is 0.235. The van der Waals surface area contributed by atoms with E-state index in [1.165, 1.54) is 0 Å². The normalized spacial score (nSPS) is 11.1. The van der Waals surface area contributed by atoms with Crippen LogP contribution in [0.15, 0.2) is 53.0 Å². The van der Waals surface area contributed by atoms with Crippen molar-refractivity contribution in [1.29, 1.82) is 0 Å². The molecule has 0 spiro atoms. The average Bonchev–Trinajstić information content (AvgIpc) is 2.52. The van der Waals surface area contributed by atoms with Crippen molar-refractivity contribution in [1.82, 2.24) is 5.32 Å². The minimum absolute atomic E-state index is 0.168. The standard InChI is InChI=1S/C17H18BrNO4S/c1-23-16-7-3-4-13(9-16)10-19-17(20)12-24(21,22)11-14-5-2-6-15(18)8-14/h2-9H,10-12H2,1H3,(H,19,20). The first kappa shape index (κ1) is 18.5. The Hall–Kier alpha value is -1.86. The number of nitrogens with one attached hydrogen (secondary N) is 1. The van der Waals surface area contributed by atoms with Crippen LogP contribution >= 0.6 is 15.9 Å². The molecule has 1 N–H and O–H groups in total. The molecule has 128 valence electrons. The molecule has 2 aromatic carbocycles. The van der Waals surface area contributed by atoms with Gasteiger partial charge in [0.1, 0.15) is 11.5 Å². The SMILES string of the molecule is COc1cccc(CNC(=O)CS(=O)(=O)Cc2cccc(Br)c2)c1. The van der Waals surface area contributed by atoms with E-state index in [0.717, 1.165) is 10.0 Å². The molecule has 5 nitrogen and oxygen atoms in total. The van der Waals surface area contributed by atoms with E-state index in [1.807, 2.05) is 18.2 Å². The van der Waals surface area contributed by atoms with Crippen LogP contribution in [0.3, 0.4) is 0 Å². The van der Waals surface area contributed by atoms with Crippen LogP contribution in [0.1, 0.15) is 11.1 Å². The Balaban J connectivity index is 1.90. The van der Waals surface area contributed by atoms with Crippen LogP contribution in [0.2, 0.25) is 0 Å². The van der Waals surface area contributed by atoms with Crippen molar-refractivity contribution in [2.75, 3.05) is 12.9 Å². The van der Waals surface area contributed by atoms with Gasteiger partial charge in [-0.3, -0.25) is 4.79 Å². The lowest BCUT2D eigenvalue weighted by atomic mass is 10.2. The summed E-state index contributed by atoms with van der Waals surface area (Å²) in [5.41, 5.74) is 1.48. The van der Waals surface area contributed by atoms with Gasteiger partial charge in [-0.1, -0.05) is 40.2 Å². The van der Waals surface area contributed by atoms with Crippen LogP contribution < -0.4 is 10.1 Å². The van der Waals surface area contributed by atoms with Crippen LogP contribution in [0.4, 0.5) is 0 Å². The van der Waals surface area contributed by atoms with Gasteiger partial charge in [0.2, 0.25) is 5.91 Å². The highest BCUT2D eigenvalue weighted by Gasteiger charge is 2.17. The summed E-state index contributed by atoms with van der Waals surface area (Å²) in [6.07, 6.45) is 0. The molecule has 0 aliphatic heterocycles. The third kappa shape index (κ3) is 5.98. The lowest BCUT2D eigenvalue weighted by Crippen LogP contribution is -2.30. The summed E-state index contributed by atoms with van der Waals surface area (Å²) < 4.78 is 30.2. The van der Waals surface area contributed by atoms with E-state index in [1.54, 1.807) is 37.4 Å². The van der Waals surface area contributed by atoms with E-state index >= 15 is 0 Å². The van der Waals surface area contributed by atoms with E-state index in [0.29, 0.717) is 11.3 Å². The van der Waals surface area contributed by atoms with Crippen molar-refractivity contribution in [3.63, 3.8) is 0 Å². The molecule has 0 heterocycles. The van der Waals surface area contributed by atoms with Crippen molar-refractivity contribution in [2.45, 2.75) is 12.3 Å². The number of hydrogen-bond acceptors (Lipinski definition) is 4. The number of ether oxygens (including phenoxy) is 1. The number of carbonyl (C=O) groups is 1. The highest BCUT2D eigenvalue weighted by Crippen LogP contribution is 2.15. The van der Waals surface area contributed by atoms with E-state index < -0.39 is 21.5 Å². The van der Waals surface area contributed by atoms with Gasteiger partial charge in [-0.15, -0.1) is 0 Å². The molecule has 2 aromatic rings. The molecule has 0 saturated heterocycles. The first-order valence-electron chi connectivity index (χ1n) is 7.22. The van der Waals surface area contributed by atoms with E-state index in [-0.39, 0.29) is 12.3 Å². The quantitative estimate of drug-likeness (QED) is 0.759. The third-order valence-corrected chi connectivity index (χ3v) is 5.22. The summed E-state index contributed by atoms with van der Waals surface area (Å²) in [5.74, 6) is -0.542. The molecule has 7 heteroatoms. The molecule has 0 aliphatic rings. The molecule has 0 atom stereocenters.